The molecule has 1 heterocycles. The molecule has 1 aliphatic carbocycles. The van der Waals surface area contributed by atoms with Gasteiger partial charge in [0.25, 0.3) is 0 Å². The average molecular weight is 299 g/mol. The van der Waals surface area contributed by atoms with Crippen molar-refractivity contribution < 1.29 is 19.0 Å². The highest BCUT2D eigenvalue weighted by atomic mass is 35.5. The Balaban J connectivity index is 1.98. The Bertz CT molecular complexity index is 524. The van der Waals surface area contributed by atoms with Crippen molar-refractivity contribution in [3.8, 4) is 0 Å². The van der Waals surface area contributed by atoms with E-state index in [1.165, 1.54) is 12.1 Å². The molecule has 108 valence electrons. The summed E-state index contributed by atoms with van der Waals surface area (Å²) in [4.78, 5) is 11.8. The topological polar surface area (TPSA) is 46.5 Å². The highest BCUT2D eigenvalue weighted by molar-refractivity contribution is 6.31. The van der Waals surface area contributed by atoms with Crippen molar-refractivity contribution in [2.75, 3.05) is 13.2 Å². The molecule has 1 spiro atoms. The van der Waals surface area contributed by atoms with E-state index in [1.807, 2.05) is 0 Å². The molecule has 0 amide bonds. The molecule has 2 fully saturated rings. The van der Waals surface area contributed by atoms with E-state index in [-0.39, 0.29) is 16.0 Å². The Kier molecular flexibility index (Phi) is 3.26. The lowest BCUT2D eigenvalue weighted by Gasteiger charge is -2.56. The van der Waals surface area contributed by atoms with Gasteiger partial charge in [0.2, 0.25) is 0 Å². The third kappa shape index (κ3) is 1.93. The molecule has 0 radical (unpaired) electrons. The first-order valence-corrected chi connectivity index (χ1v) is 7.13. The fourth-order valence-electron chi connectivity index (χ4n) is 3.78. The summed E-state index contributed by atoms with van der Waals surface area (Å²) in [7, 11) is 0. The Morgan fingerprint density at radius 3 is 2.50 bits per heavy atom. The first kappa shape index (κ1) is 13.8. The molecule has 3 rings (SSSR count). The summed E-state index contributed by atoms with van der Waals surface area (Å²) < 4.78 is 19.4. The zero-order chi connectivity index (χ0) is 14.4. The maximum Gasteiger partial charge on any atom is 0.314 e. The van der Waals surface area contributed by atoms with E-state index in [2.05, 4.69) is 0 Å². The van der Waals surface area contributed by atoms with Gasteiger partial charge in [-0.05, 0) is 43.2 Å². The lowest BCUT2D eigenvalue weighted by Crippen LogP contribution is -2.56. The Labute approximate surface area is 121 Å². The fourth-order valence-corrected chi connectivity index (χ4v) is 4.12. The number of hydrogen-bond acceptors (Lipinski definition) is 2. The second-order valence-electron chi connectivity index (χ2n) is 5.95. The van der Waals surface area contributed by atoms with Crippen LogP contribution in [0.25, 0.3) is 0 Å². The smallest absolute Gasteiger partial charge is 0.314 e. The van der Waals surface area contributed by atoms with Crippen LogP contribution in [-0.4, -0.2) is 24.3 Å². The summed E-state index contributed by atoms with van der Waals surface area (Å²) in [5.74, 6) is -1.51. The van der Waals surface area contributed by atoms with E-state index in [4.69, 9.17) is 16.3 Å². The lowest BCUT2D eigenvalue weighted by molar-refractivity contribution is -0.160. The zero-order valence-electron chi connectivity index (χ0n) is 11.0. The van der Waals surface area contributed by atoms with Crippen LogP contribution in [0.5, 0.6) is 0 Å². The molecule has 1 saturated carbocycles. The Morgan fingerprint density at radius 1 is 1.30 bits per heavy atom. The molecular weight excluding hydrogens is 283 g/mol. The third-order valence-electron chi connectivity index (χ3n) is 4.76. The van der Waals surface area contributed by atoms with Crippen LogP contribution in [0, 0.1) is 11.2 Å². The molecule has 1 aromatic carbocycles. The van der Waals surface area contributed by atoms with Crippen LogP contribution in [0.2, 0.25) is 5.02 Å². The van der Waals surface area contributed by atoms with E-state index in [9.17, 15) is 14.3 Å². The molecule has 1 N–H and O–H groups in total. The molecule has 0 atom stereocenters. The van der Waals surface area contributed by atoms with Crippen molar-refractivity contribution in [1.82, 2.24) is 0 Å². The van der Waals surface area contributed by atoms with Gasteiger partial charge < -0.3 is 9.84 Å². The van der Waals surface area contributed by atoms with Gasteiger partial charge in [0.15, 0.2) is 0 Å². The number of carboxylic acids is 1. The SMILES string of the molecule is O=C(O)C1(c2c(F)cccc2Cl)CC2(CCOCC2)C1. The Hall–Kier alpha value is -1.13. The molecule has 1 aliphatic heterocycles. The van der Waals surface area contributed by atoms with Crippen molar-refractivity contribution in [1.29, 1.82) is 0 Å². The number of ether oxygens (including phenoxy) is 1. The maximum atomic E-state index is 14.1. The van der Waals surface area contributed by atoms with Gasteiger partial charge in [-0.1, -0.05) is 17.7 Å². The fraction of sp³-hybridized carbons (Fsp3) is 0.533. The van der Waals surface area contributed by atoms with Crippen LogP contribution in [-0.2, 0) is 14.9 Å². The largest absolute Gasteiger partial charge is 0.481 e. The lowest BCUT2D eigenvalue weighted by atomic mass is 9.48. The molecule has 20 heavy (non-hydrogen) atoms. The van der Waals surface area contributed by atoms with Crippen molar-refractivity contribution in [2.24, 2.45) is 5.41 Å². The van der Waals surface area contributed by atoms with Gasteiger partial charge in [-0.3, -0.25) is 4.79 Å². The van der Waals surface area contributed by atoms with E-state index in [0.29, 0.717) is 26.1 Å². The second kappa shape index (κ2) is 4.71. The summed E-state index contributed by atoms with van der Waals surface area (Å²) in [6.07, 6.45) is 2.57. The van der Waals surface area contributed by atoms with E-state index >= 15 is 0 Å². The molecule has 5 heteroatoms. The molecule has 1 saturated heterocycles. The molecule has 2 aliphatic rings. The van der Waals surface area contributed by atoms with Crippen molar-refractivity contribution in [2.45, 2.75) is 31.1 Å². The van der Waals surface area contributed by atoms with Crippen molar-refractivity contribution >= 4 is 17.6 Å². The van der Waals surface area contributed by atoms with Gasteiger partial charge in [-0.2, -0.15) is 0 Å². The first-order valence-electron chi connectivity index (χ1n) is 6.75. The predicted octanol–water partition coefficient (Wildman–Crippen LogP) is 3.39. The van der Waals surface area contributed by atoms with Crippen LogP contribution in [0.4, 0.5) is 4.39 Å². The Morgan fingerprint density at radius 2 is 1.95 bits per heavy atom. The molecular formula is C15H16ClFO3. The van der Waals surface area contributed by atoms with Crippen LogP contribution >= 0.6 is 11.6 Å². The van der Waals surface area contributed by atoms with Crippen LogP contribution in [0.1, 0.15) is 31.2 Å². The molecule has 3 nitrogen and oxygen atoms in total. The molecule has 0 unspecified atom stereocenters. The maximum absolute atomic E-state index is 14.1. The van der Waals surface area contributed by atoms with E-state index in [0.717, 1.165) is 12.8 Å². The summed E-state index contributed by atoms with van der Waals surface area (Å²) in [5.41, 5.74) is -1.06. The minimum absolute atomic E-state index is 0.0255. The minimum atomic E-state index is -1.18. The van der Waals surface area contributed by atoms with E-state index < -0.39 is 17.2 Å². The first-order chi connectivity index (χ1) is 9.49. The minimum Gasteiger partial charge on any atom is -0.481 e. The van der Waals surface area contributed by atoms with Crippen LogP contribution in [0.15, 0.2) is 18.2 Å². The summed E-state index contributed by atoms with van der Waals surface area (Å²) in [5, 5.41) is 9.85. The average Bonchev–Trinajstić information content (AvgIpc) is 2.37. The van der Waals surface area contributed by atoms with Crippen LogP contribution in [0.3, 0.4) is 0 Å². The number of carbonyl (C=O) groups is 1. The van der Waals surface area contributed by atoms with Crippen LogP contribution < -0.4 is 0 Å². The van der Waals surface area contributed by atoms with Gasteiger partial charge in [-0.25, -0.2) is 4.39 Å². The number of aliphatic carboxylic acids is 1. The second-order valence-corrected chi connectivity index (χ2v) is 6.36. The summed E-state index contributed by atoms with van der Waals surface area (Å²) >= 11 is 6.07. The van der Waals surface area contributed by atoms with Gasteiger partial charge in [0.05, 0.1) is 5.41 Å². The number of halogens is 2. The number of carboxylic acid groups (broad SMARTS) is 1. The van der Waals surface area contributed by atoms with Crippen molar-refractivity contribution in [3.63, 3.8) is 0 Å². The number of rotatable bonds is 2. The number of benzene rings is 1. The summed E-state index contributed by atoms with van der Waals surface area (Å²) in [6.45, 7) is 1.31. The standard InChI is InChI=1S/C15H16ClFO3/c16-10-2-1-3-11(17)12(10)15(13(18)19)8-14(9-15)4-6-20-7-5-14/h1-3H,4-9H2,(H,18,19). The van der Waals surface area contributed by atoms with Gasteiger partial charge in [-0.15, -0.1) is 0 Å². The van der Waals surface area contributed by atoms with Crippen molar-refractivity contribution in [3.05, 3.63) is 34.6 Å². The van der Waals surface area contributed by atoms with Gasteiger partial charge >= 0.3 is 5.97 Å². The zero-order valence-corrected chi connectivity index (χ0v) is 11.8. The highest BCUT2D eigenvalue weighted by Gasteiger charge is 2.61. The highest BCUT2D eigenvalue weighted by Crippen LogP contribution is 2.61. The predicted molar refractivity (Wildman–Crippen MR) is 72.4 cm³/mol. The molecule has 0 aromatic heterocycles. The monoisotopic (exact) mass is 298 g/mol. The third-order valence-corrected chi connectivity index (χ3v) is 5.07. The normalized spacial score (nSPS) is 23.3. The van der Waals surface area contributed by atoms with E-state index in [1.54, 1.807) is 6.07 Å². The van der Waals surface area contributed by atoms with Gasteiger partial charge in [0, 0.05) is 23.8 Å². The molecule has 0 bridgehead atoms. The number of hydrogen-bond donors (Lipinski definition) is 1. The quantitative estimate of drug-likeness (QED) is 0.910. The van der Waals surface area contributed by atoms with Gasteiger partial charge in [0.1, 0.15) is 5.82 Å². The summed E-state index contributed by atoms with van der Waals surface area (Å²) in [6, 6.07) is 4.33. The molecule has 1 aromatic rings.